The standard InChI is InChI=1S/C25H26O8/c1-17(26)12-13-21(28)30-16-20(27)22-23(31-14-18-8-4-2-5-9-18)24(25(29)33-22)32-15-19-10-6-3-7-11-19/h2-11,20,22,27H,12-16H2,1H3. The Morgan fingerprint density at radius 2 is 1.52 bits per heavy atom. The van der Waals surface area contributed by atoms with Crippen LogP contribution in [0.25, 0.3) is 0 Å². The Hall–Kier alpha value is -3.65. The highest BCUT2D eigenvalue weighted by atomic mass is 16.6. The van der Waals surface area contributed by atoms with Crippen molar-refractivity contribution in [1.82, 2.24) is 0 Å². The van der Waals surface area contributed by atoms with Gasteiger partial charge in [-0.25, -0.2) is 4.79 Å². The van der Waals surface area contributed by atoms with Gasteiger partial charge >= 0.3 is 11.9 Å². The van der Waals surface area contributed by atoms with Crippen molar-refractivity contribution in [3.8, 4) is 0 Å². The summed E-state index contributed by atoms with van der Waals surface area (Å²) in [4.78, 5) is 35.3. The number of ether oxygens (including phenoxy) is 4. The number of aliphatic hydroxyl groups excluding tert-OH is 1. The molecule has 0 amide bonds. The van der Waals surface area contributed by atoms with Gasteiger partial charge in [-0.2, -0.15) is 0 Å². The number of carbonyl (C=O) groups excluding carboxylic acids is 3. The van der Waals surface area contributed by atoms with E-state index in [2.05, 4.69) is 0 Å². The molecule has 8 nitrogen and oxygen atoms in total. The minimum atomic E-state index is -1.38. The molecule has 0 spiro atoms. The number of hydrogen-bond acceptors (Lipinski definition) is 8. The monoisotopic (exact) mass is 454 g/mol. The molecule has 2 aromatic rings. The van der Waals surface area contributed by atoms with Crippen LogP contribution in [-0.4, -0.2) is 41.6 Å². The number of Topliss-reactive ketones (excluding diaryl/α,β-unsaturated/α-hetero) is 1. The zero-order valence-electron chi connectivity index (χ0n) is 18.3. The number of esters is 2. The second-order valence-electron chi connectivity index (χ2n) is 7.52. The minimum Gasteiger partial charge on any atom is -0.485 e. The molecule has 1 aliphatic heterocycles. The van der Waals surface area contributed by atoms with Gasteiger partial charge in [0.1, 0.15) is 31.7 Å². The molecule has 0 aromatic heterocycles. The summed E-state index contributed by atoms with van der Waals surface area (Å²) in [6.07, 6.45) is -2.62. The molecule has 3 rings (SSSR count). The molecule has 0 bridgehead atoms. The van der Waals surface area contributed by atoms with E-state index in [-0.39, 0.29) is 43.4 Å². The largest absolute Gasteiger partial charge is 0.485 e. The first-order chi connectivity index (χ1) is 15.9. The lowest BCUT2D eigenvalue weighted by Crippen LogP contribution is -2.34. The summed E-state index contributed by atoms with van der Waals surface area (Å²) in [6, 6.07) is 18.5. The van der Waals surface area contributed by atoms with E-state index >= 15 is 0 Å². The summed E-state index contributed by atoms with van der Waals surface area (Å²) in [7, 11) is 0. The van der Waals surface area contributed by atoms with Crippen molar-refractivity contribution in [3.05, 3.63) is 83.3 Å². The molecule has 0 fully saturated rings. The molecular weight excluding hydrogens is 428 g/mol. The number of rotatable bonds is 12. The lowest BCUT2D eigenvalue weighted by atomic mass is 10.1. The van der Waals surface area contributed by atoms with Crippen molar-refractivity contribution in [3.63, 3.8) is 0 Å². The van der Waals surface area contributed by atoms with Crippen LogP contribution >= 0.6 is 0 Å². The lowest BCUT2D eigenvalue weighted by Gasteiger charge is -2.20. The third-order valence-electron chi connectivity index (χ3n) is 4.81. The molecule has 2 aromatic carbocycles. The number of aliphatic hydroxyl groups is 1. The quantitative estimate of drug-likeness (QED) is 0.488. The van der Waals surface area contributed by atoms with Gasteiger partial charge in [0.25, 0.3) is 0 Å². The van der Waals surface area contributed by atoms with Gasteiger partial charge in [-0.15, -0.1) is 0 Å². The molecule has 8 heteroatoms. The number of benzene rings is 2. The highest BCUT2D eigenvalue weighted by Crippen LogP contribution is 2.29. The van der Waals surface area contributed by atoms with Crippen molar-refractivity contribution in [1.29, 1.82) is 0 Å². The first-order valence-corrected chi connectivity index (χ1v) is 10.6. The highest BCUT2D eigenvalue weighted by molar-refractivity contribution is 5.89. The summed E-state index contributed by atoms with van der Waals surface area (Å²) < 4.78 is 21.9. The van der Waals surface area contributed by atoms with Crippen molar-refractivity contribution >= 4 is 17.7 Å². The lowest BCUT2D eigenvalue weighted by molar-refractivity contribution is -0.155. The van der Waals surface area contributed by atoms with E-state index in [1.807, 2.05) is 60.7 Å². The SMILES string of the molecule is CC(=O)CCC(=O)OCC(O)C1OC(=O)C(OCc2ccccc2)=C1OCc1ccccc1. The van der Waals surface area contributed by atoms with E-state index in [4.69, 9.17) is 18.9 Å². The van der Waals surface area contributed by atoms with Gasteiger partial charge in [-0.3, -0.25) is 4.79 Å². The Kier molecular flexibility index (Phi) is 8.60. The van der Waals surface area contributed by atoms with E-state index in [0.29, 0.717) is 0 Å². The second kappa shape index (κ2) is 11.8. The van der Waals surface area contributed by atoms with E-state index in [0.717, 1.165) is 11.1 Å². The number of ketones is 1. The molecule has 2 unspecified atom stereocenters. The average Bonchev–Trinajstić information content (AvgIpc) is 3.14. The van der Waals surface area contributed by atoms with Crippen LogP contribution in [0.2, 0.25) is 0 Å². The maximum atomic E-state index is 12.5. The molecule has 2 atom stereocenters. The maximum Gasteiger partial charge on any atom is 0.378 e. The third kappa shape index (κ3) is 7.18. The molecular formula is C25H26O8. The van der Waals surface area contributed by atoms with Gasteiger partial charge in [-0.1, -0.05) is 60.7 Å². The maximum absolute atomic E-state index is 12.5. The van der Waals surface area contributed by atoms with Crippen molar-refractivity contribution in [2.45, 2.75) is 45.2 Å². The fraction of sp³-hybridized carbons (Fsp3) is 0.320. The van der Waals surface area contributed by atoms with E-state index in [9.17, 15) is 19.5 Å². The Labute approximate surface area is 191 Å². The van der Waals surface area contributed by atoms with Crippen LogP contribution in [0.1, 0.15) is 30.9 Å². The molecule has 0 saturated carbocycles. The van der Waals surface area contributed by atoms with Crippen LogP contribution in [-0.2, 0) is 46.5 Å². The molecule has 0 radical (unpaired) electrons. The molecule has 1 heterocycles. The fourth-order valence-corrected chi connectivity index (χ4v) is 3.06. The Morgan fingerprint density at radius 1 is 0.939 bits per heavy atom. The summed E-state index contributed by atoms with van der Waals surface area (Å²) in [5, 5.41) is 10.6. The predicted octanol–water partition coefficient (Wildman–Crippen LogP) is 2.83. The summed E-state index contributed by atoms with van der Waals surface area (Å²) in [5.41, 5.74) is 1.68. The van der Waals surface area contributed by atoms with E-state index in [1.165, 1.54) is 6.92 Å². The molecule has 0 saturated heterocycles. The van der Waals surface area contributed by atoms with Crippen LogP contribution in [0, 0.1) is 0 Å². The van der Waals surface area contributed by atoms with Crippen LogP contribution in [0.3, 0.4) is 0 Å². The zero-order chi connectivity index (χ0) is 23.6. The van der Waals surface area contributed by atoms with Crippen LogP contribution in [0.15, 0.2) is 72.2 Å². The van der Waals surface area contributed by atoms with E-state index < -0.39 is 30.8 Å². The molecule has 174 valence electrons. The molecule has 0 aliphatic carbocycles. The van der Waals surface area contributed by atoms with Crippen LogP contribution < -0.4 is 0 Å². The Balaban J connectivity index is 1.71. The normalized spacial score (nSPS) is 16.2. The van der Waals surface area contributed by atoms with Gasteiger partial charge < -0.3 is 28.8 Å². The number of carbonyl (C=O) groups is 3. The van der Waals surface area contributed by atoms with Gasteiger partial charge in [0.2, 0.25) is 5.76 Å². The van der Waals surface area contributed by atoms with Gasteiger partial charge in [0.05, 0.1) is 6.42 Å². The summed E-state index contributed by atoms with van der Waals surface area (Å²) in [5.74, 6) is -1.66. The average molecular weight is 454 g/mol. The number of hydrogen-bond donors (Lipinski definition) is 1. The van der Waals surface area contributed by atoms with Crippen LogP contribution in [0.4, 0.5) is 0 Å². The minimum absolute atomic E-state index is 0.0343. The smallest absolute Gasteiger partial charge is 0.378 e. The van der Waals surface area contributed by atoms with Gasteiger partial charge in [0.15, 0.2) is 11.9 Å². The molecule has 1 N–H and O–H groups in total. The number of cyclic esters (lactones) is 1. The Bertz CT molecular complexity index is 984. The summed E-state index contributed by atoms with van der Waals surface area (Å²) >= 11 is 0. The van der Waals surface area contributed by atoms with Crippen molar-refractivity contribution in [2.75, 3.05) is 6.61 Å². The highest BCUT2D eigenvalue weighted by Gasteiger charge is 2.42. The van der Waals surface area contributed by atoms with Crippen molar-refractivity contribution in [2.24, 2.45) is 0 Å². The van der Waals surface area contributed by atoms with E-state index in [1.54, 1.807) is 0 Å². The third-order valence-corrected chi connectivity index (χ3v) is 4.81. The Morgan fingerprint density at radius 3 is 2.09 bits per heavy atom. The molecule has 33 heavy (non-hydrogen) atoms. The topological polar surface area (TPSA) is 108 Å². The summed E-state index contributed by atoms with van der Waals surface area (Å²) in [6.45, 7) is 1.16. The molecule has 1 aliphatic rings. The van der Waals surface area contributed by atoms with Crippen LogP contribution in [0.5, 0.6) is 0 Å². The van der Waals surface area contributed by atoms with Gasteiger partial charge in [0, 0.05) is 6.42 Å². The second-order valence-corrected chi connectivity index (χ2v) is 7.52. The predicted molar refractivity (Wildman–Crippen MR) is 116 cm³/mol. The van der Waals surface area contributed by atoms with Gasteiger partial charge in [-0.05, 0) is 18.1 Å². The first kappa shape index (κ1) is 24.0. The first-order valence-electron chi connectivity index (χ1n) is 10.6. The van der Waals surface area contributed by atoms with Crippen molar-refractivity contribution < 1.29 is 38.4 Å². The fourth-order valence-electron chi connectivity index (χ4n) is 3.06. The zero-order valence-corrected chi connectivity index (χ0v) is 18.3.